The molecule has 1 aromatic carbocycles. The summed E-state index contributed by atoms with van der Waals surface area (Å²) in [4.78, 5) is 33.7. The number of rotatable bonds is 3. The zero-order chi connectivity index (χ0) is 21.4. The molecule has 2 N–H and O–H groups in total. The van der Waals surface area contributed by atoms with Crippen LogP contribution in [0.15, 0.2) is 34.7 Å². The molecule has 5 rings (SSSR count). The van der Waals surface area contributed by atoms with Crippen molar-refractivity contribution in [2.75, 3.05) is 18.0 Å². The summed E-state index contributed by atoms with van der Waals surface area (Å²) in [6.45, 7) is 3.62. The van der Waals surface area contributed by atoms with Gasteiger partial charge in [-0.2, -0.15) is 4.98 Å². The molecular weight excluding hydrogens is 412 g/mol. The summed E-state index contributed by atoms with van der Waals surface area (Å²) in [6, 6.07) is 10.3. The fourth-order valence-electron chi connectivity index (χ4n) is 4.43. The Morgan fingerprint density at radius 3 is 2.77 bits per heavy atom. The smallest absolute Gasteiger partial charge is 0.298 e. The maximum absolute atomic E-state index is 12.6. The number of hydrogen-bond acceptors (Lipinski definition) is 6. The van der Waals surface area contributed by atoms with E-state index in [0.29, 0.717) is 42.7 Å². The molecule has 1 aliphatic heterocycles. The molecule has 0 bridgehead atoms. The number of hydrogen-bond donors (Lipinski definition) is 2. The minimum absolute atomic E-state index is 0.138. The molecule has 0 saturated carbocycles. The van der Waals surface area contributed by atoms with Crippen LogP contribution in [0.4, 0.5) is 6.01 Å². The van der Waals surface area contributed by atoms with Gasteiger partial charge in [-0.3, -0.25) is 20.4 Å². The molecule has 1 fully saturated rings. The van der Waals surface area contributed by atoms with Gasteiger partial charge in [0.15, 0.2) is 5.58 Å². The highest BCUT2D eigenvalue weighted by molar-refractivity contribution is 7.14. The number of fused-ring (bicyclic) bond motifs is 2. The maximum atomic E-state index is 12.6. The first kappa shape index (κ1) is 20.1. The number of piperidine rings is 1. The van der Waals surface area contributed by atoms with Crippen molar-refractivity contribution < 1.29 is 14.0 Å². The van der Waals surface area contributed by atoms with Crippen molar-refractivity contribution in [1.82, 2.24) is 15.8 Å². The molecule has 2 aliphatic rings. The molecular formula is C23H26N4O3S. The van der Waals surface area contributed by atoms with E-state index in [1.807, 2.05) is 30.3 Å². The summed E-state index contributed by atoms with van der Waals surface area (Å²) in [5.74, 6) is 0.154. The van der Waals surface area contributed by atoms with Gasteiger partial charge < -0.3 is 9.32 Å². The van der Waals surface area contributed by atoms with Crippen molar-refractivity contribution in [2.24, 2.45) is 11.8 Å². The van der Waals surface area contributed by atoms with E-state index in [4.69, 9.17) is 4.42 Å². The predicted octanol–water partition coefficient (Wildman–Crippen LogP) is 3.69. The van der Waals surface area contributed by atoms with Crippen LogP contribution in [0.25, 0.3) is 11.1 Å². The molecule has 0 spiro atoms. The van der Waals surface area contributed by atoms with Gasteiger partial charge in [-0.1, -0.05) is 19.1 Å². The van der Waals surface area contributed by atoms with Crippen LogP contribution in [0.5, 0.6) is 0 Å². The average Bonchev–Trinajstić information content (AvgIpc) is 3.41. The number of thiophene rings is 1. The van der Waals surface area contributed by atoms with Crippen LogP contribution in [-0.4, -0.2) is 29.9 Å². The Hall–Kier alpha value is -2.87. The first-order valence-corrected chi connectivity index (χ1v) is 11.7. The number of amides is 2. The van der Waals surface area contributed by atoms with E-state index in [1.54, 1.807) is 11.3 Å². The number of anilines is 1. The van der Waals surface area contributed by atoms with Gasteiger partial charge in [-0.05, 0) is 61.8 Å². The molecule has 1 saturated heterocycles. The second-order valence-electron chi connectivity index (χ2n) is 8.58. The fourth-order valence-corrected chi connectivity index (χ4v) is 5.53. The average molecular weight is 439 g/mol. The maximum Gasteiger partial charge on any atom is 0.298 e. The number of carbonyl (C=O) groups is 2. The van der Waals surface area contributed by atoms with Gasteiger partial charge in [-0.15, -0.1) is 11.3 Å². The van der Waals surface area contributed by atoms with E-state index in [0.717, 1.165) is 23.9 Å². The lowest BCUT2D eigenvalue weighted by atomic mass is 9.90. The van der Waals surface area contributed by atoms with Crippen molar-refractivity contribution in [3.05, 3.63) is 45.6 Å². The largest absolute Gasteiger partial charge is 0.423 e. The molecule has 0 radical (unpaired) electrons. The predicted molar refractivity (Wildman–Crippen MR) is 120 cm³/mol. The highest BCUT2D eigenvalue weighted by Crippen LogP contribution is 2.32. The Kier molecular flexibility index (Phi) is 5.40. The molecule has 3 heterocycles. The molecule has 1 aliphatic carbocycles. The van der Waals surface area contributed by atoms with Crippen LogP contribution in [-0.2, 0) is 17.6 Å². The molecule has 2 amide bonds. The normalized spacial score (nSPS) is 19.3. The Morgan fingerprint density at radius 2 is 1.97 bits per heavy atom. The number of aryl methyl sites for hydroxylation is 1. The molecule has 1 atom stereocenters. The zero-order valence-corrected chi connectivity index (χ0v) is 18.3. The van der Waals surface area contributed by atoms with E-state index in [2.05, 4.69) is 27.7 Å². The summed E-state index contributed by atoms with van der Waals surface area (Å²) in [5, 5.41) is 0. The highest BCUT2D eigenvalue weighted by Gasteiger charge is 2.28. The Morgan fingerprint density at radius 1 is 1.16 bits per heavy atom. The van der Waals surface area contributed by atoms with Crippen LogP contribution in [0, 0.1) is 11.8 Å². The van der Waals surface area contributed by atoms with Gasteiger partial charge in [0.2, 0.25) is 5.91 Å². The highest BCUT2D eigenvalue weighted by atomic mass is 32.1. The number of oxazole rings is 1. The van der Waals surface area contributed by atoms with Gasteiger partial charge in [0.05, 0.1) is 4.88 Å². The monoisotopic (exact) mass is 438 g/mol. The SMILES string of the molecule is CC1CCc2sc(C(=O)NNC(=O)C3CCN(c4nc5ccccc5o4)CC3)cc2C1. The fraction of sp³-hybridized carbons (Fsp3) is 0.435. The first-order chi connectivity index (χ1) is 15.1. The molecule has 7 nitrogen and oxygen atoms in total. The molecule has 3 aromatic rings. The van der Waals surface area contributed by atoms with E-state index in [-0.39, 0.29) is 17.7 Å². The third-order valence-corrected chi connectivity index (χ3v) is 7.51. The van der Waals surface area contributed by atoms with Crippen molar-refractivity contribution in [1.29, 1.82) is 0 Å². The molecule has 1 unspecified atom stereocenters. The van der Waals surface area contributed by atoms with Gasteiger partial charge in [-0.25, -0.2) is 0 Å². The Balaban J connectivity index is 1.13. The number of carbonyl (C=O) groups excluding carboxylic acids is 2. The number of nitrogens with one attached hydrogen (secondary N) is 2. The van der Waals surface area contributed by atoms with Crippen molar-refractivity contribution in [2.45, 2.75) is 39.0 Å². The molecule has 8 heteroatoms. The van der Waals surface area contributed by atoms with Gasteiger partial charge in [0.1, 0.15) is 5.52 Å². The summed E-state index contributed by atoms with van der Waals surface area (Å²) in [5.41, 5.74) is 8.12. The lowest BCUT2D eigenvalue weighted by molar-refractivity contribution is -0.126. The van der Waals surface area contributed by atoms with Crippen molar-refractivity contribution in [3.63, 3.8) is 0 Å². The second kappa shape index (κ2) is 8.34. The summed E-state index contributed by atoms with van der Waals surface area (Å²) < 4.78 is 5.83. The van der Waals surface area contributed by atoms with Crippen LogP contribution in [0.3, 0.4) is 0 Å². The number of nitrogens with zero attached hydrogens (tertiary/aromatic N) is 2. The molecule has 31 heavy (non-hydrogen) atoms. The van der Waals surface area contributed by atoms with E-state index >= 15 is 0 Å². The minimum Gasteiger partial charge on any atom is -0.423 e. The van der Waals surface area contributed by atoms with Gasteiger partial charge in [0, 0.05) is 23.9 Å². The number of hydrazine groups is 1. The van der Waals surface area contributed by atoms with Gasteiger partial charge >= 0.3 is 0 Å². The first-order valence-electron chi connectivity index (χ1n) is 10.9. The van der Waals surface area contributed by atoms with Crippen molar-refractivity contribution in [3.8, 4) is 0 Å². The molecule has 162 valence electrons. The van der Waals surface area contributed by atoms with Gasteiger partial charge in [0.25, 0.3) is 11.9 Å². The lowest BCUT2D eigenvalue weighted by Crippen LogP contribution is -2.47. The van der Waals surface area contributed by atoms with E-state index in [9.17, 15) is 9.59 Å². The van der Waals surface area contributed by atoms with Crippen LogP contribution >= 0.6 is 11.3 Å². The number of aromatic nitrogens is 1. The summed E-state index contributed by atoms with van der Waals surface area (Å²) >= 11 is 1.54. The number of benzene rings is 1. The molecule has 2 aromatic heterocycles. The van der Waals surface area contributed by atoms with Crippen molar-refractivity contribution >= 4 is 40.3 Å². The summed E-state index contributed by atoms with van der Waals surface area (Å²) in [6.07, 6.45) is 4.62. The minimum atomic E-state index is -0.232. The summed E-state index contributed by atoms with van der Waals surface area (Å²) in [7, 11) is 0. The standard InChI is InChI=1S/C23H26N4O3S/c1-14-6-7-19-16(12-14)13-20(31-19)22(29)26-25-21(28)15-8-10-27(11-9-15)23-24-17-4-2-3-5-18(17)30-23/h2-5,13-15H,6-12H2,1H3,(H,25,28)(H,26,29). The van der Waals surface area contributed by atoms with Crippen LogP contribution in [0.2, 0.25) is 0 Å². The van der Waals surface area contributed by atoms with Crippen LogP contribution < -0.4 is 15.8 Å². The van der Waals surface area contributed by atoms with E-state index in [1.165, 1.54) is 16.9 Å². The quantitative estimate of drug-likeness (QED) is 0.609. The van der Waals surface area contributed by atoms with E-state index < -0.39 is 0 Å². The number of para-hydroxylation sites is 2. The van der Waals surface area contributed by atoms with Crippen LogP contribution in [0.1, 0.15) is 46.3 Å². The third kappa shape index (κ3) is 4.17. The Labute approximate surface area is 184 Å². The Bertz CT molecular complexity index is 1080. The third-order valence-electron chi connectivity index (χ3n) is 6.27. The zero-order valence-electron chi connectivity index (χ0n) is 17.5. The second-order valence-corrected chi connectivity index (χ2v) is 9.71. The topological polar surface area (TPSA) is 87.5 Å². The lowest BCUT2D eigenvalue weighted by Gasteiger charge is -2.30.